The highest BCUT2D eigenvalue weighted by Crippen LogP contribution is 2.23. The summed E-state index contributed by atoms with van der Waals surface area (Å²) in [5.41, 5.74) is -0.0566. The zero-order valence-corrected chi connectivity index (χ0v) is 8.96. The summed E-state index contributed by atoms with van der Waals surface area (Å²) in [5, 5.41) is 10.5. The predicted molar refractivity (Wildman–Crippen MR) is 55.7 cm³/mol. The molecule has 0 spiro atoms. The summed E-state index contributed by atoms with van der Waals surface area (Å²) < 4.78 is 1.87. The molecule has 0 fully saturated rings. The molecule has 2 heterocycles. The van der Waals surface area contributed by atoms with Crippen LogP contribution in [0.3, 0.4) is 0 Å². The number of aromatic nitrogens is 3. The Kier molecular flexibility index (Phi) is 2.46. The minimum Gasteiger partial charge on any atom is -0.290 e. The maximum Gasteiger partial charge on any atom is 0.302 e. The minimum absolute atomic E-state index is 0.0566. The van der Waals surface area contributed by atoms with Gasteiger partial charge in [-0.05, 0) is 22.0 Å². The van der Waals surface area contributed by atoms with Crippen molar-refractivity contribution in [2.45, 2.75) is 0 Å². The van der Waals surface area contributed by atoms with Gasteiger partial charge in [0.05, 0.1) is 4.92 Å². The quantitative estimate of drug-likeness (QED) is 0.474. The molecule has 0 aromatic carbocycles. The Balaban J connectivity index is 2.47. The summed E-state index contributed by atoms with van der Waals surface area (Å²) in [7, 11) is 0. The van der Waals surface area contributed by atoms with Crippen LogP contribution in [0.2, 0.25) is 0 Å². The molecule has 0 atom stereocenters. The summed E-state index contributed by atoms with van der Waals surface area (Å²) in [4.78, 5) is 17.9. The number of rotatable bonds is 2. The van der Waals surface area contributed by atoms with E-state index in [0.717, 1.165) is 0 Å². The summed E-state index contributed by atoms with van der Waals surface area (Å²) in [6, 6.07) is 2.96. The first-order valence-corrected chi connectivity index (χ1v) is 4.77. The van der Waals surface area contributed by atoms with Crippen molar-refractivity contribution >= 4 is 21.6 Å². The second-order valence-electron chi connectivity index (χ2n) is 2.71. The first-order chi connectivity index (χ1) is 7.18. The fraction of sp³-hybridized carbons (Fsp3) is 0. The van der Waals surface area contributed by atoms with Gasteiger partial charge in [0.15, 0.2) is 4.60 Å². The van der Waals surface area contributed by atoms with E-state index in [1.54, 1.807) is 29.4 Å². The zero-order chi connectivity index (χ0) is 10.8. The number of hydrogen-bond donors (Lipinski definition) is 0. The van der Waals surface area contributed by atoms with Crippen LogP contribution in [-0.4, -0.2) is 19.5 Å². The SMILES string of the molecule is O=[N+]([O-])c1ccc(-n2ccnc2)nc1Br. The molecule has 15 heavy (non-hydrogen) atoms. The minimum atomic E-state index is -0.491. The van der Waals surface area contributed by atoms with Crippen molar-refractivity contribution in [2.24, 2.45) is 0 Å². The average molecular weight is 269 g/mol. The van der Waals surface area contributed by atoms with Crippen molar-refractivity contribution in [1.82, 2.24) is 14.5 Å². The van der Waals surface area contributed by atoms with Gasteiger partial charge in [0, 0.05) is 18.5 Å². The number of halogens is 1. The van der Waals surface area contributed by atoms with Crippen LogP contribution in [0.4, 0.5) is 5.69 Å². The molecule has 0 aliphatic heterocycles. The van der Waals surface area contributed by atoms with Crippen LogP contribution in [0.25, 0.3) is 5.82 Å². The topological polar surface area (TPSA) is 73.8 Å². The van der Waals surface area contributed by atoms with Gasteiger partial charge in [-0.1, -0.05) is 0 Å². The number of nitrogens with zero attached hydrogens (tertiary/aromatic N) is 4. The van der Waals surface area contributed by atoms with Crippen molar-refractivity contribution in [3.05, 3.63) is 45.6 Å². The van der Waals surface area contributed by atoms with E-state index in [0.29, 0.717) is 5.82 Å². The van der Waals surface area contributed by atoms with E-state index in [2.05, 4.69) is 25.9 Å². The summed E-state index contributed by atoms with van der Waals surface area (Å²) >= 11 is 3.05. The van der Waals surface area contributed by atoms with Crippen molar-refractivity contribution in [2.75, 3.05) is 0 Å². The third kappa shape index (κ3) is 1.86. The largest absolute Gasteiger partial charge is 0.302 e. The van der Waals surface area contributed by atoms with Gasteiger partial charge in [-0.25, -0.2) is 9.97 Å². The molecule has 0 saturated carbocycles. The standard InChI is InChI=1S/C8H5BrN4O2/c9-8-6(13(14)15)1-2-7(11-8)12-4-3-10-5-12/h1-5H. The van der Waals surface area contributed by atoms with Gasteiger partial charge in [-0.2, -0.15) is 0 Å². The lowest BCUT2D eigenvalue weighted by atomic mass is 10.4. The predicted octanol–water partition coefficient (Wildman–Crippen LogP) is 1.94. The first-order valence-electron chi connectivity index (χ1n) is 3.98. The molecular weight excluding hydrogens is 264 g/mol. The molecular formula is C8H5BrN4O2. The van der Waals surface area contributed by atoms with Crippen LogP contribution < -0.4 is 0 Å². The second-order valence-corrected chi connectivity index (χ2v) is 3.46. The van der Waals surface area contributed by atoms with Crippen LogP contribution in [0, 0.1) is 10.1 Å². The normalized spacial score (nSPS) is 10.2. The van der Waals surface area contributed by atoms with Crippen LogP contribution in [0.15, 0.2) is 35.5 Å². The Labute approximate surface area is 92.9 Å². The molecule has 0 aliphatic rings. The van der Waals surface area contributed by atoms with E-state index < -0.39 is 4.92 Å². The van der Waals surface area contributed by atoms with Crippen molar-refractivity contribution < 1.29 is 4.92 Å². The maximum absolute atomic E-state index is 10.5. The van der Waals surface area contributed by atoms with E-state index >= 15 is 0 Å². The number of nitro groups is 1. The molecule has 0 radical (unpaired) electrons. The van der Waals surface area contributed by atoms with Gasteiger partial charge in [0.1, 0.15) is 12.1 Å². The lowest BCUT2D eigenvalue weighted by molar-refractivity contribution is -0.386. The van der Waals surface area contributed by atoms with Gasteiger partial charge >= 0.3 is 5.69 Å². The maximum atomic E-state index is 10.5. The van der Waals surface area contributed by atoms with Crippen LogP contribution in [0.1, 0.15) is 0 Å². The second kappa shape index (κ2) is 3.77. The van der Waals surface area contributed by atoms with Crippen LogP contribution >= 0.6 is 15.9 Å². The van der Waals surface area contributed by atoms with Gasteiger partial charge < -0.3 is 0 Å². The highest BCUT2D eigenvalue weighted by molar-refractivity contribution is 9.10. The molecule has 0 N–H and O–H groups in total. The van der Waals surface area contributed by atoms with Gasteiger partial charge in [-0.3, -0.25) is 14.7 Å². The molecule has 0 bridgehead atoms. The van der Waals surface area contributed by atoms with E-state index in [-0.39, 0.29) is 10.3 Å². The van der Waals surface area contributed by atoms with Gasteiger partial charge in [-0.15, -0.1) is 0 Å². The Bertz CT molecular complexity index is 497. The molecule has 2 aromatic heterocycles. The third-order valence-corrected chi connectivity index (χ3v) is 2.36. The smallest absolute Gasteiger partial charge is 0.290 e. The Morgan fingerprint density at radius 3 is 2.80 bits per heavy atom. The van der Waals surface area contributed by atoms with Crippen molar-refractivity contribution in [3.8, 4) is 5.82 Å². The van der Waals surface area contributed by atoms with E-state index in [1.807, 2.05) is 0 Å². The fourth-order valence-electron chi connectivity index (χ4n) is 1.09. The Morgan fingerprint density at radius 1 is 1.47 bits per heavy atom. The van der Waals surface area contributed by atoms with Crippen LogP contribution in [-0.2, 0) is 0 Å². The summed E-state index contributed by atoms with van der Waals surface area (Å²) in [6.07, 6.45) is 4.89. The Hall–Kier alpha value is -1.76. The monoisotopic (exact) mass is 268 g/mol. The molecule has 0 saturated heterocycles. The van der Waals surface area contributed by atoms with E-state index in [9.17, 15) is 10.1 Å². The van der Waals surface area contributed by atoms with Crippen molar-refractivity contribution in [3.63, 3.8) is 0 Å². The molecule has 0 aliphatic carbocycles. The zero-order valence-electron chi connectivity index (χ0n) is 7.37. The van der Waals surface area contributed by atoms with E-state index in [1.165, 1.54) is 6.07 Å². The lowest BCUT2D eigenvalue weighted by Crippen LogP contribution is -1.97. The molecule has 7 heteroatoms. The molecule has 0 unspecified atom stereocenters. The number of imidazole rings is 1. The molecule has 2 aromatic rings. The van der Waals surface area contributed by atoms with Crippen LogP contribution in [0.5, 0.6) is 0 Å². The summed E-state index contributed by atoms with van der Waals surface area (Å²) in [6.45, 7) is 0. The van der Waals surface area contributed by atoms with Gasteiger partial charge in [0.25, 0.3) is 0 Å². The van der Waals surface area contributed by atoms with Crippen molar-refractivity contribution in [1.29, 1.82) is 0 Å². The highest BCUT2D eigenvalue weighted by Gasteiger charge is 2.13. The number of hydrogen-bond acceptors (Lipinski definition) is 4. The molecule has 0 amide bonds. The first kappa shape index (κ1) is 9.78. The molecule has 2 rings (SSSR count). The van der Waals surface area contributed by atoms with Gasteiger partial charge in [0.2, 0.25) is 0 Å². The Morgan fingerprint density at radius 2 is 2.27 bits per heavy atom. The highest BCUT2D eigenvalue weighted by atomic mass is 79.9. The summed E-state index contributed by atoms with van der Waals surface area (Å²) in [5.74, 6) is 0.574. The molecule has 6 nitrogen and oxygen atoms in total. The average Bonchev–Trinajstić information content (AvgIpc) is 2.69. The lowest BCUT2D eigenvalue weighted by Gasteiger charge is -2.01. The third-order valence-electron chi connectivity index (χ3n) is 1.78. The van der Waals surface area contributed by atoms with E-state index in [4.69, 9.17) is 0 Å². The molecule has 76 valence electrons. The number of pyridine rings is 1. The fourth-order valence-corrected chi connectivity index (χ4v) is 1.55.